The number of para-hydroxylation sites is 1. The van der Waals surface area contributed by atoms with Gasteiger partial charge in [0.05, 0.1) is 29.4 Å². The second-order valence-corrected chi connectivity index (χ2v) is 8.32. The van der Waals surface area contributed by atoms with Crippen LogP contribution in [0.5, 0.6) is 0 Å². The Kier molecular flexibility index (Phi) is 8.41. The molecule has 0 radical (unpaired) electrons. The first-order valence-electron chi connectivity index (χ1n) is 9.83. The van der Waals surface area contributed by atoms with Gasteiger partial charge < -0.3 is 9.47 Å². The number of nitrogens with zero attached hydrogens (tertiary/aromatic N) is 1. The first-order valence-corrected chi connectivity index (χ1v) is 11.3. The molecular formula is C22H27NO6S. The summed E-state index contributed by atoms with van der Waals surface area (Å²) < 4.78 is 38.3. The van der Waals surface area contributed by atoms with Crippen LogP contribution in [0.25, 0.3) is 0 Å². The molecule has 0 bridgehead atoms. The number of aryl methyl sites for hydroxylation is 1. The average Bonchev–Trinajstić information content (AvgIpc) is 2.71. The van der Waals surface area contributed by atoms with Crippen molar-refractivity contribution in [3.05, 3.63) is 59.7 Å². The van der Waals surface area contributed by atoms with Crippen LogP contribution in [0.15, 0.2) is 53.4 Å². The van der Waals surface area contributed by atoms with E-state index in [1.165, 1.54) is 16.4 Å². The molecular weight excluding hydrogens is 406 g/mol. The zero-order valence-corrected chi connectivity index (χ0v) is 18.3. The third-order valence-electron chi connectivity index (χ3n) is 4.38. The minimum Gasteiger partial charge on any atom is -0.466 e. The highest BCUT2D eigenvalue weighted by molar-refractivity contribution is 7.92. The Bertz CT molecular complexity index is 987. The average molecular weight is 434 g/mol. The molecule has 0 aromatic heterocycles. The molecule has 0 N–H and O–H groups in total. The number of rotatable bonds is 10. The molecule has 0 aliphatic heterocycles. The lowest BCUT2D eigenvalue weighted by atomic mass is 10.1. The number of ether oxygens (including phenoxy) is 2. The molecule has 2 aromatic carbocycles. The zero-order valence-electron chi connectivity index (χ0n) is 17.5. The molecule has 8 heteroatoms. The molecule has 0 saturated carbocycles. The summed E-state index contributed by atoms with van der Waals surface area (Å²) in [6.45, 7) is 5.53. The number of sulfonamides is 1. The highest BCUT2D eigenvalue weighted by atomic mass is 32.2. The Morgan fingerprint density at radius 1 is 0.933 bits per heavy atom. The van der Waals surface area contributed by atoms with Crippen LogP contribution in [0, 0.1) is 6.92 Å². The largest absolute Gasteiger partial charge is 0.466 e. The lowest BCUT2D eigenvalue weighted by Gasteiger charge is -2.27. The molecule has 2 rings (SSSR count). The molecule has 0 atom stereocenters. The van der Waals surface area contributed by atoms with Crippen LogP contribution >= 0.6 is 0 Å². The van der Waals surface area contributed by atoms with E-state index in [9.17, 15) is 18.0 Å². The maximum atomic E-state index is 13.5. The van der Waals surface area contributed by atoms with Crippen molar-refractivity contribution in [2.24, 2.45) is 0 Å². The third kappa shape index (κ3) is 5.60. The Hall–Kier alpha value is -2.87. The summed E-state index contributed by atoms with van der Waals surface area (Å²) in [5.74, 6) is -1.01. The van der Waals surface area contributed by atoms with E-state index in [0.717, 1.165) is 0 Å². The minimum atomic E-state index is -3.99. The molecule has 0 aliphatic carbocycles. The summed E-state index contributed by atoms with van der Waals surface area (Å²) in [6, 6.07) is 13.0. The van der Waals surface area contributed by atoms with Gasteiger partial charge in [0.1, 0.15) is 0 Å². The number of carbonyl (C=O) groups is 2. The normalized spacial score (nSPS) is 11.0. The van der Waals surface area contributed by atoms with E-state index in [2.05, 4.69) is 0 Å². The third-order valence-corrected chi connectivity index (χ3v) is 6.35. The zero-order chi connectivity index (χ0) is 22.1. The molecule has 0 amide bonds. The second-order valence-electron chi connectivity index (χ2n) is 6.49. The first kappa shape index (κ1) is 23.4. The predicted octanol–water partition coefficient (Wildman–Crippen LogP) is 3.71. The lowest BCUT2D eigenvalue weighted by Crippen LogP contribution is -2.34. The van der Waals surface area contributed by atoms with E-state index in [-0.39, 0.29) is 48.7 Å². The predicted molar refractivity (Wildman–Crippen MR) is 114 cm³/mol. The Morgan fingerprint density at radius 3 is 2.23 bits per heavy atom. The molecule has 162 valence electrons. The van der Waals surface area contributed by atoms with Gasteiger partial charge in [-0.1, -0.05) is 30.3 Å². The van der Waals surface area contributed by atoms with E-state index in [1.807, 2.05) is 0 Å². The van der Waals surface area contributed by atoms with Gasteiger partial charge in [-0.3, -0.25) is 9.10 Å². The molecule has 0 unspecified atom stereocenters. The molecule has 0 aliphatic rings. The van der Waals surface area contributed by atoms with Gasteiger partial charge in [-0.05, 0) is 51.0 Å². The second kappa shape index (κ2) is 10.8. The van der Waals surface area contributed by atoms with Gasteiger partial charge in [-0.15, -0.1) is 0 Å². The van der Waals surface area contributed by atoms with Crippen molar-refractivity contribution in [2.45, 2.75) is 38.5 Å². The standard InChI is InChI=1S/C22H27NO6S/c1-4-28-21(24)15-10-16-23(30(26,27)20-14-9-6-11-17(20)3)19-13-8-7-12-18(19)22(25)29-5-2/h6-9,11-14H,4-5,10,15-16H2,1-3H3. The molecule has 2 aromatic rings. The van der Waals surface area contributed by atoms with Crippen LogP contribution in [0.4, 0.5) is 5.69 Å². The van der Waals surface area contributed by atoms with E-state index in [1.54, 1.807) is 57.2 Å². The van der Waals surface area contributed by atoms with Crippen molar-refractivity contribution in [1.82, 2.24) is 0 Å². The molecule has 7 nitrogen and oxygen atoms in total. The Morgan fingerprint density at radius 2 is 1.57 bits per heavy atom. The summed E-state index contributed by atoms with van der Waals surface area (Å²) in [4.78, 5) is 24.3. The fraction of sp³-hybridized carbons (Fsp3) is 0.364. The Labute approximate surface area is 177 Å². The highest BCUT2D eigenvalue weighted by Crippen LogP contribution is 2.29. The minimum absolute atomic E-state index is 0.00585. The van der Waals surface area contributed by atoms with Crippen LogP contribution in [-0.2, 0) is 24.3 Å². The van der Waals surface area contributed by atoms with Gasteiger partial charge in [0, 0.05) is 13.0 Å². The molecule has 0 fully saturated rings. The van der Waals surface area contributed by atoms with Crippen molar-refractivity contribution >= 4 is 27.6 Å². The highest BCUT2D eigenvalue weighted by Gasteiger charge is 2.29. The topological polar surface area (TPSA) is 90.0 Å². The van der Waals surface area contributed by atoms with Crippen molar-refractivity contribution in [2.75, 3.05) is 24.1 Å². The van der Waals surface area contributed by atoms with E-state index < -0.39 is 22.0 Å². The van der Waals surface area contributed by atoms with Crippen molar-refractivity contribution in [3.8, 4) is 0 Å². The van der Waals surface area contributed by atoms with Gasteiger partial charge in [-0.25, -0.2) is 13.2 Å². The van der Waals surface area contributed by atoms with E-state index in [0.29, 0.717) is 5.56 Å². The van der Waals surface area contributed by atoms with Crippen LogP contribution in [-0.4, -0.2) is 40.1 Å². The number of anilines is 1. The number of carbonyl (C=O) groups excluding carboxylic acids is 2. The molecule has 0 saturated heterocycles. The summed E-state index contributed by atoms with van der Waals surface area (Å²) in [5, 5.41) is 0. The van der Waals surface area contributed by atoms with Gasteiger partial charge in [0.2, 0.25) is 0 Å². The van der Waals surface area contributed by atoms with Crippen molar-refractivity contribution in [1.29, 1.82) is 0 Å². The number of benzene rings is 2. The van der Waals surface area contributed by atoms with E-state index in [4.69, 9.17) is 9.47 Å². The number of esters is 2. The monoisotopic (exact) mass is 433 g/mol. The van der Waals surface area contributed by atoms with Crippen LogP contribution in [0.1, 0.15) is 42.6 Å². The van der Waals surface area contributed by atoms with Crippen LogP contribution in [0.2, 0.25) is 0 Å². The Balaban J connectivity index is 2.49. The van der Waals surface area contributed by atoms with Gasteiger partial charge in [0.15, 0.2) is 0 Å². The first-order chi connectivity index (χ1) is 14.3. The van der Waals surface area contributed by atoms with Gasteiger partial charge in [-0.2, -0.15) is 0 Å². The van der Waals surface area contributed by atoms with Crippen LogP contribution in [0.3, 0.4) is 0 Å². The van der Waals surface area contributed by atoms with Gasteiger partial charge >= 0.3 is 11.9 Å². The smallest absolute Gasteiger partial charge is 0.340 e. The fourth-order valence-electron chi connectivity index (χ4n) is 3.01. The summed E-state index contributed by atoms with van der Waals surface area (Å²) in [7, 11) is -3.99. The van der Waals surface area contributed by atoms with Gasteiger partial charge in [0.25, 0.3) is 10.0 Å². The quantitative estimate of drug-likeness (QED) is 0.531. The van der Waals surface area contributed by atoms with Crippen molar-refractivity contribution < 1.29 is 27.5 Å². The SMILES string of the molecule is CCOC(=O)CCCN(c1ccccc1C(=O)OCC)S(=O)(=O)c1ccccc1C. The molecule has 0 heterocycles. The van der Waals surface area contributed by atoms with E-state index >= 15 is 0 Å². The van der Waals surface area contributed by atoms with Crippen molar-refractivity contribution in [3.63, 3.8) is 0 Å². The van der Waals surface area contributed by atoms with Crippen LogP contribution < -0.4 is 4.31 Å². The maximum absolute atomic E-state index is 13.5. The number of hydrogen-bond acceptors (Lipinski definition) is 6. The lowest BCUT2D eigenvalue weighted by molar-refractivity contribution is -0.143. The molecule has 30 heavy (non-hydrogen) atoms. The fourth-order valence-corrected chi connectivity index (χ4v) is 4.76. The summed E-state index contributed by atoms with van der Waals surface area (Å²) in [5.41, 5.74) is 0.942. The maximum Gasteiger partial charge on any atom is 0.340 e. The summed E-state index contributed by atoms with van der Waals surface area (Å²) in [6.07, 6.45) is 0.302. The molecule has 0 spiro atoms. The number of hydrogen-bond donors (Lipinski definition) is 0. The summed E-state index contributed by atoms with van der Waals surface area (Å²) >= 11 is 0.